The van der Waals surface area contributed by atoms with E-state index in [0.29, 0.717) is 0 Å². The molecule has 0 spiro atoms. The van der Waals surface area contributed by atoms with Crippen molar-refractivity contribution < 1.29 is 0 Å². The Bertz CT molecular complexity index is 1020. The van der Waals surface area contributed by atoms with Gasteiger partial charge in [0.1, 0.15) is 5.03 Å². The lowest BCUT2D eigenvalue weighted by Gasteiger charge is -2.05. The molecule has 0 unspecified atom stereocenters. The largest absolute Gasteiger partial charge is 0.305 e. The number of rotatable bonds is 3. The molecule has 0 aliphatic rings. The first-order chi connectivity index (χ1) is 11.7. The van der Waals surface area contributed by atoms with E-state index >= 15 is 0 Å². The zero-order valence-electron chi connectivity index (χ0n) is 13.3. The SMILES string of the molecule is Cc1cccc(-c2nnc(Sc3cnc4ccccc4n3)n2C)c1. The first kappa shape index (κ1) is 14.8. The van der Waals surface area contributed by atoms with Gasteiger partial charge in [-0.15, -0.1) is 10.2 Å². The average Bonchev–Trinajstić information content (AvgIpc) is 2.95. The third kappa shape index (κ3) is 2.76. The summed E-state index contributed by atoms with van der Waals surface area (Å²) in [6.07, 6.45) is 1.77. The minimum atomic E-state index is 0.788. The molecule has 0 radical (unpaired) electrons. The van der Waals surface area contributed by atoms with Crippen molar-refractivity contribution in [3.8, 4) is 11.4 Å². The normalized spacial score (nSPS) is 11.1. The Hall–Kier alpha value is -2.73. The molecule has 0 fully saturated rings. The number of para-hydroxylation sites is 2. The first-order valence-electron chi connectivity index (χ1n) is 7.57. The Morgan fingerprint density at radius 3 is 2.62 bits per heavy atom. The molecule has 0 saturated carbocycles. The standard InChI is InChI=1S/C18H15N5S/c1-12-6-5-7-13(10-12)17-21-22-18(23(17)2)24-16-11-19-14-8-3-4-9-15(14)20-16/h3-11H,1-2H3. The van der Waals surface area contributed by atoms with Gasteiger partial charge < -0.3 is 4.57 Å². The molecule has 24 heavy (non-hydrogen) atoms. The number of aryl methyl sites for hydroxylation is 1. The smallest absolute Gasteiger partial charge is 0.197 e. The van der Waals surface area contributed by atoms with E-state index in [1.54, 1.807) is 6.20 Å². The number of aromatic nitrogens is 5. The topological polar surface area (TPSA) is 56.5 Å². The second kappa shape index (κ2) is 6.05. The lowest BCUT2D eigenvalue weighted by Crippen LogP contribution is -1.95. The summed E-state index contributed by atoms with van der Waals surface area (Å²) in [4.78, 5) is 9.07. The first-order valence-corrected chi connectivity index (χ1v) is 8.38. The second-order valence-corrected chi connectivity index (χ2v) is 6.52. The molecular formula is C18H15N5S. The van der Waals surface area contributed by atoms with Crippen LogP contribution in [0.25, 0.3) is 22.4 Å². The van der Waals surface area contributed by atoms with Crippen LogP contribution in [0.5, 0.6) is 0 Å². The summed E-state index contributed by atoms with van der Waals surface area (Å²) < 4.78 is 1.98. The van der Waals surface area contributed by atoms with Crippen LogP contribution in [0.3, 0.4) is 0 Å². The molecule has 0 aliphatic carbocycles. The van der Waals surface area contributed by atoms with Gasteiger partial charge in [0, 0.05) is 12.6 Å². The van der Waals surface area contributed by atoms with E-state index in [2.05, 4.69) is 39.2 Å². The predicted octanol–water partition coefficient (Wildman–Crippen LogP) is 3.88. The lowest BCUT2D eigenvalue weighted by molar-refractivity contribution is 0.792. The van der Waals surface area contributed by atoms with E-state index in [0.717, 1.165) is 32.6 Å². The highest BCUT2D eigenvalue weighted by molar-refractivity contribution is 7.99. The molecule has 4 aromatic rings. The molecule has 2 aromatic heterocycles. The second-order valence-electron chi connectivity index (χ2n) is 5.53. The molecule has 2 heterocycles. The summed E-state index contributed by atoms with van der Waals surface area (Å²) in [6, 6.07) is 16.1. The molecule has 0 bridgehead atoms. The minimum Gasteiger partial charge on any atom is -0.305 e. The molecule has 0 N–H and O–H groups in total. The Balaban J connectivity index is 1.67. The van der Waals surface area contributed by atoms with Gasteiger partial charge in [0.25, 0.3) is 0 Å². The van der Waals surface area contributed by atoms with Crippen LogP contribution in [-0.2, 0) is 7.05 Å². The zero-order chi connectivity index (χ0) is 16.5. The van der Waals surface area contributed by atoms with Gasteiger partial charge in [-0.1, -0.05) is 35.9 Å². The number of nitrogens with zero attached hydrogens (tertiary/aromatic N) is 5. The van der Waals surface area contributed by atoms with Crippen molar-refractivity contribution in [2.75, 3.05) is 0 Å². The maximum absolute atomic E-state index is 4.63. The van der Waals surface area contributed by atoms with Crippen LogP contribution in [0, 0.1) is 6.92 Å². The van der Waals surface area contributed by atoms with E-state index in [1.807, 2.05) is 48.0 Å². The summed E-state index contributed by atoms with van der Waals surface area (Å²) in [5, 5.41) is 10.2. The maximum atomic E-state index is 4.63. The Labute approximate surface area is 143 Å². The van der Waals surface area contributed by atoms with Crippen molar-refractivity contribution in [3.05, 3.63) is 60.3 Å². The molecule has 0 saturated heterocycles. The maximum Gasteiger partial charge on any atom is 0.197 e. The lowest BCUT2D eigenvalue weighted by atomic mass is 10.1. The van der Waals surface area contributed by atoms with E-state index in [-0.39, 0.29) is 0 Å². The Kier molecular flexibility index (Phi) is 3.74. The summed E-state index contributed by atoms with van der Waals surface area (Å²) in [6.45, 7) is 2.07. The van der Waals surface area contributed by atoms with Crippen LogP contribution in [0.15, 0.2) is 64.9 Å². The molecule has 5 nitrogen and oxygen atoms in total. The Morgan fingerprint density at radius 2 is 1.79 bits per heavy atom. The van der Waals surface area contributed by atoms with Crippen LogP contribution < -0.4 is 0 Å². The highest BCUT2D eigenvalue weighted by atomic mass is 32.2. The third-order valence-corrected chi connectivity index (χ3v) is 4.68. The van der Waals surface area contributed by atoms with Gasteiger partial charge in [-0.05, 0) is 36.9 Å². The van der Waals surface area contributed by atoms with E-state index in [1.165, 1.54) is 17.3 Å². The van der Waals surface area contributed by atoms with Crippen LogP contribution in [0.2, 0.25) is 0 Å². The van der Waals surface area contributed by atoms with Gasteiger partial charge in [0.15, 0.2) is 11.0 Å². The highest BCUT2D eigenvalue weighted by Crippen LogP contribution is 2.28. The summed E-state index contributed by atoms with van der Waals surface area (Å²) in [7, 11) is 1.97. The molecule has 4 rings (SSSR count). The van der Waals surface area contributed by atoms with Crippen molar-refractivity contribution in [3.63, 3.8) is 0 Å². The minimum absolute atomic E-state index is 0.788. The fraction of sp³-hybridized carbons (Fsp3) is 0.111. The van der Waals surface area contributed by atoms with Crippen LogP contribution in [0.4, 0.5) is 0 Å². The van der Waals surface area contributed by atoms with Crippen molar-refractivity contribution in [2.24, 2.45) is 7.05 Å². The predicted molar refractivity (Wildman–Crippen MR) is 94.8 cm³/mol. The molecular weight excluding hydrogens is 318 g/mol. The van der Waals surface area contributed by atoms with E-state index < -0.39 is 0 Å². The summed E-state index contributed by atoms with van der Waals surface area (Å²) in [5.41, 5.74) is 4.02. The molecule has 0 atom stereocenters. The van der Waals surface area contributed by atoms with Crippen molar-refractivity contribution >= 4 is 22.8 Å². The number of benzene rings is 2. The van der Waals surface area contributed by atoms with Crippen molar-refractivity contribution in [2.45, 2.75) is 17.1 Å². The fourth-order valence-corrected chi connectivity index (χ4v) is 3.26. The number of hydrogen-bond donors (Lipinski definition) is 0. The van der Waals surface area contributed by atoms with Gasteiger partial charge in [0.05, 0.1) is 17.2 Å². The van der Waals surface area contributed by atoms with Gasteiger partial charge in [-0.25, -0.2) is 4.98 Å². The number of fused-ring (bicyclic) bond motifs is 1. The highest BCUT2D eigenvalue weighted by Gasteiger charge is 2.13. The van der Waals surface area contributed by atoms with Crippen molar-refractivity contribution in [1.29, 1.82) is 0 Å². The van der Waals surface area contributed by atoms with Crippen LogP contribution in [0.1, 0.15) is 5.56 Å². The quantitative estimate of drug-likeness (QED) is 0.569. The van der Waals surface area contributed by atoms with E-state index in [4.69, 9.17) is 0 Å². The summed E-state index contributed by atoms with van der Waals surface area (Å²) >= 11 is 1.46. The zero-order valence-corrected chi connectivity index (χ0v) is 14.2. The Morgan fingerprint density at radius 1 is 0.958 bits per heavy atom. The van der Waals surface area contributed by atoms with E-state index in [9.17, 15) is 0 Å². The third-order valence-electron chi connectivity index (χ3n) is 3.73. The molecule has 6 heteroatoms. The van der Waals surface area contributed by atoms with Gasteiger partial charge in [0.2, 0.25) is 0 Å². The van der Waals surface area contributed by atoms with Gasteiger partial charge >= 0.3 is 0 Å². The fourth-order valence-electron chi connectivity index (χ4n) is 2.52. The monoisotopic (exact) mass is 333 g/mol. The molecule has 2 aromatic carbocycles. The summed E-state index contributed by atoms with van der Waals surface area (Å²) in [5.74, 6) is 0.843. The van der Waals surface area contributed by atoms with Crippen molar-refractivity contribution in [1.82, 2.24) is 24.7 Å². The van der Waals surface area contributed by atoms with Crippen LogP contribution in [-0.4, -0.2) is 24.7 Å². The molecule has 118 valence electrons. The molecule has 0 aliphatic heterocycles. The van der Waals surface area contributed by atoms with Gasteiger partial charge in [-0.2, -0.15) is 0 Å². The molecule has 0 amide bonds. The number of hydrogen-bond acceptors (Lipinski definition) is 5. The van der Waals surface area contributed by atoms with Gasteiger partial charge in [-0.3, -0.25) is 4.98 Å². The van der Waals surface area contributed by atoms with Crippen LogP contribution >= 0.6 is 11.8 Å². The average molecular weight is 333 g/mol.